The summed E-state index contributed by atoms with van der Waals surface area (Å²) in [4.78, 5) is 39.6. The first kappa shape index (κ1) is 27.1. The summed E-state index contributed by atoms with van der Waals surface area (Å²) in [6, 6.07) is 4.88. The van der Waals surface area contributed by atoms with E-state index in [1.165, 1.54) is 30.9 Å². The first-order valence-electron chi connectivity index (χ1n) is 12.8. The fourth-order valence-electron chi connectivity index (χ4n) is 4.53. The quantitative estimate of drug-likeness (QED) is 0.292. The largest absolute Gasteiger partial charge is 0.496 e. The SMILES string of the molecule is C=CC1C[C@]1(NC(=O)C1CCCN1)C(=O)NSC1CC1.CCOc1cc(=O)c2ccc(OC)c(C)c2[nH]1. The Bertz CT molecular complexity index is 1220. The molecule has 1 aromatic heterocycles. The summed E-state index contributed by atoms with van der Waals surface area (Å²) >= 11 is 1.49. The van der Waals surface area contributed by atoms with Gasteiger partial charge in [0.2, 0.25) is 5.91 Å². The van der Waals surface area contributed by atoms with Crippen LogP contribution in [-0.2, 0) is 9.59 Å². The lowest BCUT2D eigenvalue weighted by atomic mass is 10.1. The summed E-state index contributed by atoms with van der Waals surface area (Å²) in [5.74, 6) is 1.15. The highest BCUT2D eigenvalue weighted by Crippen LogP contribution is 2.45. The number of ether oxygens (including phenoxy) is 2. The van der Waals surface area contributed by atoms with Crippen molar-refractivity contribution in [3.8, 4) is 11.6 Å². The number of hydrogen-bond acceptors (Lipinski definition) is 7. The van der Waals surface area contributed by atoms with E-state index in [-0.39, 0.29) is 29.2 Å². The molecule has 10 heteroatoms. The summed E-state index contributed by atoms with van der Waals surface area (Å²) in [5, 5.41) is 7.32. The molecule has 2 unspecified atom stereocenters. The number of H-pyrrole nitrogens is 1. The lowest BCUT2D eigenvalue weighted by Gasteiger charge is -2.20. The van der Waals surface area contributed by atoms with Gasteiger partial charge in [0, 0.05) is 28.2 Å². The topological polar surface area (TPSA) is 122 Å². The second kappa shape index (κ2) is 11.6. The molecular formula is C27H36N4O5S. The molecule has 0 bridgehead atoms. The normalized spacial score (nSPS) is 24.0. The molecule has 4 N–H and O–H groups in total. The van der Waals surface area contributed by atoms with Crippen LogP contribution in [0.2, 0.25) is 0 Å². The number of carbonyl (C=O) groups is 2. The van der Waals surface area contributed by atoms with Gasteiger partial charge in [0.25, 0.3) is 5.91 Å². The van der Waals surface area contributed by atoms with Gasteiger partial charge in [-0.2, -0.15) is 0 Å². The molecule has 2 aliphatic carbocycles. The first-order valence-corrected chi connectivity index (χ1v) is 13.7. The van der Waals surface area contributed by atoms with Crippen molar-refractivity contribution in [2.75, 3.05) is 20.3 Å². The van der Waals surface area contributed by atoms with E-state index in [2.05, 4.69) is 26.9 Å². The number of pyridine rings is 1. The molecule has 2 amide bonds. The Balaban J connectivity index is 0.000000176. The fraction of sp³-hybridized carbons (Fsp3) is 0.519. The molecule has 0 radical (unpaired) electrons. The summed E-state index contributed by atoms with van der Waals surface area (Å²) in [6.07, 6.45) is 6.62. The Morgan fingerprint density at radius 3 is 2.68 bits per heavy atom. The van der Waals surface area contributed by atoms with Gasteiger partial charge in [-0.25, -0.2) is 0 Å². The van der Waals surface area contributed by atoms with Crippen molar-refractivity contribution in [1.29, 1.82) is 0 Å². The van der Waals surface area contributed by atoms with Crippen LogP contribution in [0.1, 0.15) is 44.6 Å². The maximum absolute atomic E-state index is 12.4. The van der Waals surface area contributed by atoms with Gasteiger partial charge in [0.1, 0.15) is 11.3 Å². The van der Waals surface area contributed by atoms with E-state index >= 15 is 0 Å². The molecule has 1 aliphatic heterocycles. The zero-order chi connectivity index (χ0) is 26.6. The smallest absolute Gasteiger partial charge is 0.256 e. The van der Waals surface area contributed by atoms with E-state index < -0.39 is 5.54 Å². The van der Waals surface area contributed by atoms with Crippen molar-refractivity contribution in [3.05, 3.63) is 46.6 Å². The molecule has 9 nitrogen and oxygen atoms in total. The number of benzene rings is 1. The highest BCUT2D eigenvalue weighted by Gasteiger charge is 2.60. The number of aromatic nitrogens is 1. The van der Waals surface area contributed by atoms with E-state index in [1.54, 1.807) is 25.3 Å². The van der Waals surface area contributed by atoms with Gasteiger partial charge < -0.3 is 25.1 Å². The van der Waals surface area contributed by atoms with Crippen molar-refractivity contribution >= 4 is 34.7 Å². The highest BCUT2D eigenvalue weighted by molar-refractivity contribution is 7.98. The Kier molecular flexibility index (Phi) is 8.49. The molecule has 3 atom stereocenters. The molecule has 3 fully saturated rings. The van der Waals surface area contributed by atoms with Gasteiger partial charge in [0.05, 0.1) is 25.3 Å². The van der Waals surface area contributed by atoms with Crippen molar-refractivity contribution in [1.82, 2.24) is 20.3 Å². The molecular weight excluding hydrogens is 492 g/mol. The molecule has 0 spiro atoms. The first-order chi connectivity index (χ1) is 17.8. The molecule has 2 saturated carbocycles. The van der Waals surface area contributed by atoms with Crippen LogP contribution in [0.3, 0.4) is 0 Å². The Morgan fingerprint density at radius 2 is 2.08 bits per heavy atom. The predicted molar refractivity (Wildman–Crippen MR) is 146 cm³/mol. The third kappa shape index (κ3) is 6.13. The van der Waals surface area contributed by atoms with Crippen LogP contribution in [0.4, 0.5) is 0 Å². The van der Waals surface area contributed by atoms with Crippen LogP contribution in [0, 0.1) is 12.8 Å². The molecule has 2 aromatic rings. The summed E-state index contributed by atoms with van der Waals surface area (Å²) in [6.45, 7) is 8.94. The third-order valence-electron chi connectivity index (χ3n) is 6.98. The number of methoxy groups -OCH3 is 1. The average Bonchev–Trinajstić information content (AvgIpc) is 3.79. The molecule has 2 heterocycles. The van der Waals surface area contributed by atoms with Gasteiger partial charge in [-0.05, 0) is 76.6 Å². The highest BCUT2D eigenvalue weighted by atomic mass is 32.2. The number of rotatable bonds is 9. The van der Waals surface area contributed by atoms with E-state index in [9.17, 15) is 14.4 Å². The van der Waals surface area contributed by atoms with E-state index in [1.807, 2.05) is 13.8 Å². The van der Waals surface area contributed by atoms with E-state index in [0.717, 1.165) is 36.2 Å². The molecule has 37 heavy (non-hydrogen) atoms. The van der Waals surface area contributed by atoms with Crippen molar-refractivity contribution < 1.29 is 19.1 Å². The Morgan fingerprint density at radius 1 is 1.30 bits per heavy atom. The molecule has 1 saturated heterocycles. The number of fused-ring (bicyclic) bond motifs is 1. The van der Waals surface area contributed by atoms with Crippen molar-refractivity contribution in [2.24, 2.45) is 5.92 Å². The summed E-state index contributed by atoms with van der Waals surface area (Å²) in [7, 11) is 1.61. The molecule has 3 aliphatic rings. The summed E-state index contributed by atoms with van der Waals surface area (Å²) in [5.41, 5.74) is 0.863. The zero-order valence-corrected chi connectivity index (χ0v) is 22.5. The maximum atomic E-state index is 12.4. The number of nitrogens with one attached hydrogen (secondary N) is 4. The number of aromatic amines is 1. The number of amides is 2. The van der Waals surface area contributed by atoms with Gasteiger partial charge in [-0.1, -0.05) is 6.08 Å². The minimum atomic E-state index is -0.759. The van der Waals surface area contributed by atoms with Gasteiger partial charge >= 0.3 is 0 Å². The monoisotopic (exact) mass is 528 g/mol. The molecule has 1 aromatic carbocycles. The van der Waals surface area contributed by atoms with Crippen LogP contribution < -0.4 is 30.3 Å². The number of carbonyl (C=O) groups excluding carboxylic acids is 2. The summed E-state index contributed by atoms with van der Waals surface area (Å²) < 4.78 is 13.5. The van der Waals surface area contributed by atoms with Gasteiger partial charge in [-0.15, -0.1) is 6.58 Å². The number of hydrogen-bond donors (Lipinski definition) is 4. The standard InChI is InChI=1S/C14H21N3O2S.C13H15NO3/c1-2-9-8-14(9,13(19)17-20-10-5-6-10)16-12(18)11-4-3-7-15-11;1-4-17-12-7-10(15)9-5-6-11(16-3)8(2)13(9)14-12/h2,9-11,15H,1,3-8H2,(H,16,18)(H,17,19);5-7H,4H2,1-3H3,(H,14,15)/t9?,11?,14-;/m1./s1. The predicted octanol–water partition coefficient (Wildman–Crippen LogP) is 2.97. The zero-order valence-electron chi connectivity index (χ0n) is 21.6. The lowest BCUT2D eigenvalue weighted by Crippen LogP contribution is -2.53. The fourth-order valence-corrected chi connectivity index (χ4v) is 5.36. The Labute approximate surface area is 221 Å². The molecule has 200 valence electrons. The number of aryl methyl sites for hydroxylation is 1. The van der Waals surface area contributed by atoms with Crippen LogP contribution in [0.15, 0.2) is 35.6 Å². The second-order valence-corrected chi connectivity index (χ2v) is 10.8. The van der Waals surface area contributed by atoms with Crippen LogP contribution in [-0.4, -0.2) is 53.9 Å². The van der Waals surface area contributed by atoms with Gasteiger partial charge in [-0.3, -0.25) is 19.1 Å². The van der Waals surface area contributed by atoms with Crippen LogP contribution in [0.5, 0.6) is 11.6 Å². The minimum Gasteiger partial charge on any atom is -0.496 e. The minimum absolute atomic E-state index is 0.0482. The van der Waals surface area contributed by atoms with Crippen molar-refractivity contribution in [2.45, 2.75) is 62.8 Å². The van der Waals surface area contributed by atoms with Crippen LogP contribution >= 0.6 is 11.9 Å². The van der Waals surface area contributed by atoms with Gasteiger partial charge in [0.15, 0.2) is 11.3 Å². The second-order valence-electron chi connectivity index (χ2n) is 9.65. The molecule has 5 rings (SSSR count). The average molecular weight is 529 g/mol. The van der Waals surface area contributed by atoms with E-state index in [4.69, 9.17) is 9.47 Å². The van der Waals surface area contributed by atoms with Crippen molar-refractivity contribution in [3.63, 3.8) is 0 Å². The van der Waals surface area contributed by atoms with Crippen LogP contribution in [0.25, 0.3) is 10.9 Å². The van der Waals surface area contributed by atoms with E-state index in [0.29, 0.717) is 29.5 Å². The Hall–Kier alpha value is -2.98. The maximum Gasteiger partial charge on any atom is 0.256 e. The lowest BCUT2D eigenvalue weighted by molar-refractivity contribution is -0.130. The third-order valence-corrected chi connectivity index (χ3v) is 8.09.